The van der Waals surface area contributed by atoms with Gasteiger partial charge < -0.3 is 45.1 Å². The largest absolute Gasteiger partial charge is 0.481 e. The molecule has 2 unspecified atom stereocenters. The number of hydrogen-bond acceptors (Lipinski definition) is 16. The maximum Gasteiger partial charge on any atom is 0.481 e. The molecule has 0 amide bonds. The first kappa shape index (κ1) is 63.3. The fourth-order valence-corrected chi connectivity index (χ4v) is 8.99. The number of unbranched alkanes of at least 4 members (excludes halogenated alkanes) is 12. The van der Waals surface area contributed by atoms with Crippen LogP contribution in [-0.4, -0.2) is 96.9 Å². The number of hydrogen-bond donors (Lipinski definition) is 6. The molecule has 7 N–H and O–H groups in total. The number of carbonyl (C=O) groups excluding carboxylic acids is 2. The smallest absolute Gasteiger partial charge is 0.462 e. The van der Waals surface area contributed by atoms with Gasteiger partial charge in [0, 0.05) is 19.0 Å². The molecule has 1 aliphatic heterocycles. The first-order valence-electron chi connectivity index (χ1n) is 25.1. The van der Waals surface area contributed by atoms with E-state index in [4.69, 9.17) is 29.0 Å². The van der Waals surface area contributed by atoms with Crippen molar-refractivity contribution < 1.29 is 71.4 Å². The molecule has 2 rings (SSSR count). The van der Waals surface area contributed by atoms with E-state index in [-0.39, 0.29) is 18.7 Å². The number of rotatable bonds is 40. The number of nitrogens with zero attached hydrogens (tertiary/aromatic N) is 2. The fraction of sp³-hybridized carbons (Fsp3) is 0.640. The van der Waals surface area contributed by atoms with Gasteiger partial charge in [-0.2, -0.15) is 9.29 Å². The van der Waals surface area contributed by atoms with Crippen LogP contribution in [0.25, 0.3) is 0 Å². The molecule has 0 aliphatic carbocycles. The Bertz CT molecular complexity index is 1990. The average molecular weight is 1040 g/mol. The SMILES string of the molecule is CCCCCC/C=C\CCCCCCCCCC(=O)OC[C@H](COP(=O)(O)OP(=O)(O)OC[C@H]1O[C@@H](n2ccc(N)nc2=O)[C@H](O)[C@@H]1O)OC(=O)CCC/C=C\C/C=C\C/C=C\C/C=C\C=C\[C@H](O)CC. The van der Waals surface area contributed by atoms with E-state index in [9.17, 15) is 48.6 Å². The molecule has 1 aromatic heterocycles. The number of nitrogen functional groups attached to an aromatic ring is 1. The van der Waals surface area contributed by atoms with Gasteiger partial charge in [-0.25, -0.2) is 13.9 Å². The number of aromatic nitrogens is 2. The second kappa shape index (κ2) is 37.8. The Morgan fingerprint density at radius 2 is 1.31 bits per heavy atom. The molecule has 0 bridgehead atoms. The highest BCUT2D eigenvalue weighted by molar-refractivity contribution is 7.61. The van der Waals surface area contributed by atoms with Gasteiger partial charge in [-0.05, 0) is 76.7 Å². The molecule has 402 valence electrons. The van der Waals surface area contributed by atoms with Crippen LogP contribution in [0.3, 0.4) is 0 Å². The van der Waals surface area contributed by atoms with E-state index in [1.807, 2.05) is 49.5 Å². The van der Waals surface area contributed by atoms with Gasteiger partial charge in [0.2, 0.25) is 0 Å². The minimum atomic E-state index is -5.45. The minimum Gasteiger partial charge on any atom is -0.462 e. The molecule has 21 heteroatoms. The topological polar surface area (TPSA) is 286 Å². The average Bonchev–Trinajstić information content (AvgIpc) is 3.61. The highest BCUT2D eigenvalue weighted by Gasteiger charge is 2.46. The second-order valence-electron chi connectivity index (χ2n) is 17.1. The Hall–Kier alpha value is -3.84. The van der Waals surface area contributed by atoms with E-state index in [1.165, 1.54) is 31.7 Å². The molecule has 0 spiro atoms. The number of esters is 2. The van der Waals surface area contributed by atoms with Crippen molar-refractivity contribution in [2.45, 2.75) is 185 Å². The highest BCUT2D eigenvalue weighted by Crippen LogP contribution is 2.60. The van der Waals surface area contributed by atoms with Crippen molar-refractivity contribution in [1.29, 1.82) is 0 Å². The van der Waals surface area contributed by atoms with Gasteiger partial charge >= 0.3 is 33.3 Å². The molecule has 0 saturated carbocycles. The first-order valence-corrected chi connectivity index (χ1v) is 28.0. The van der Waals surface area contributed by atoms with E-state index in [0.717, 1.165) is 75.0 Å². The van der Waals surface area contributed by atoms with Crippen molar-refractivity contribution in [1.82, 2.24) is 9.55 Å². The fourth-order valence-electron chi connectivity index (χ4n) is 6.88. The maximum atomic E-state index is 12.8. The van der Waals surface area contributed by atoms with Gasteiger partial charge in [0.05, 0.1) is 19.3 Å². The van der Waals surface area contributed by atoms with Crippen LogP contribution < -0.4 is 11.4 Å². The Balaban J connectivity index is 1.84. The number of aliphatic hydroxyl groups excluding tert-OH is 3. The van der Waals surface area contributed by atoms with Gasteiger partial charge in [0.15, 0.2) is 12.3 Å². The molecule has 71 heavy (non-hydrogen) atoms. The molecule has 1 fully saturated rings. The van der Waals surface area contributed by atoms with Crippen molar-refractivity contribution in [3.05, 3.63) is 95.7 Å². The van der Waals surface area contributed by atoms with E-state index < -0.39 is 89.8 Å². The van der Waals surface area contributed by atoms with Crippen LogP contribution >= 0.6 is 15.6 Å². The summed E-state index contributed by atoms with van der Waals surface area (Å²) >= 11 is 0. The third-order valence-corrected chi connectivity index (χ3v) is 13.5. The quantitative estimate of drug-likeness (QED) is 0.0117. The molecule has 19 nitrogen and oxygen atoms in total. The summed E-state index contributed by atoms with van der Waals surface area (Å²) in [6, 6.07) is 1.24. The monoisotopic (exact) mass is 1040 g/mol. The Labute approximate surface area is 419 Å². The van der Waals surface area contributed by atoms with Gasteiger partial charge in [-0.15, -0.1) is 0 Å². The number of phosphoric acid groups is 2. The van der Waals surface area contributed by atoms with E-state index in [2.05, 4.69) is 40.5 Å². The summed E-state index contributed by atoms with van der Waals surface area (Å²) in [5.74, 6) is -1.40. The number of ether oxygens (including phenoxy) is 3. The van der Waals surface area contributed by atoms with E-state index >= 15 is 0 Å². The van der Waals surface area contributed by atoms with Gasteiger partial charge in [-0.1, -0.05) is 138 Å². The molecule has 2 heterocycles. The lowest BCUT2D eigenvalue weighted by atomic mass is 10.1. The zero-order valence-corrected chi connectivity index (χ0v) is 43.4. The van der Waals surface area contributed by atoms with E-state index in [1.54, 1.807) is 6.08 Å². The zero-order chi connectivity index (χ0) is 52.2. The maximum absolute atomic E-state index is 12.8. The van der Waals surface area contributed by atoms with Crippen LogP contribution in [0.5, 0.6) is 0 Å². The number of carbonyl (C=O) groups is 2. The lowest BCUT2D eigenvalue weighted by Gasteiger charge is -2.21. The molecular formula is C50H81N3O16P2. The lowest BCUT2D eigenvalue weighted by Crippen LogP contribution is -2.36. The van der Waals surface area contributed by atoms with Crippen LogP contribution in [0, 0.1) is 0 Å². The normalized spacial score (nSPS) is 20.2. The standard InChI is InChI=1S/C50H81N3O16P2/c1-3-5-6-7-8-9-10-11-12-16-19-22-25-28-31-34-45(55)64-38-42(67-46(56)35-32-29-26-23-20-17-14-13-15-18-21-24-27-30-33-41(54)4-2)39-65-70(60,61)69-71(62,63)66-40-43-47(57)48(58)49(68-43)53-37-36-44(51)52-50(53)59/h9-10,14-15,17-18,23-24,26-27,30,33,36-37,41-43,47-49,54,57-58H,3-8,11-13,16,19-22,25,28-29,31-32,34-35,38-40H2,1-2H3,(H,60,61)(H,62,63)(H2,51,52,59)/b10-9-,17-14-,18-15-,26-23-,27-24-,33-30+/t41-,42-,43-,47-,48-,49-/m1/s1. The molecule has 1 saturated heterocycles. The summed E-state index contributed by atoms with van der Waals surface area (Å²) in [4.78, 5) is 61.9. The number of aliphatic hydroxyl groups is 3. The van der Waals surface area contributed by atoms with Crippen LogP contribution in [-0.2, 0) is 46.3 Å². The number of anilines is 1. The number of nitrogens with two attached hydrogens (primary N) is 1. The predicted molar refractivity (Wildman–Crippen MR) is 271 cm³/mol. The Kier molecular flexibility index (Phi) is 33.7. The van der Waals surface area contributed by atoms with E-state index in [0.29, 0.717) is 32.1 Å². The summed E-state index contributed by atoms with van der Waals surface area (Å²) in [6.07, 6.45) is 35.1. The first-order chi connectivity index (χ1) is 34.1. The predicted octanol–water partition coefficient (Wildman–Crippen LogP) is 9.08. The Morgan fingerprint density at radius 1 is 0.746 bits per heavy atom. The molecule has 0 radical (unpaired) electrons. The van der Waals surface area contributed by atoms with Crippen molar-refractivity contribution in [3.63, 3.8) is 0 Å². The van der Waals surface area contributed by atoms with Crippen LogP contribution in [0.4, 0.5) is 5.82 Å². The molecular weight excluding hydrogens is 961 g/mol. The third-order valence-electron chi connectivity index (χ3n) is 10.9. The van der Waals surface area contributed by atoms with Crippen molar-refractivity contribution in [2.75, 3.05) is 25.6 Å². The van der Waals surface area contributed by atoms with Crippen molar-refractivity contribution in [3.8, 4) is 0 Å². The summed E-state index contributed by atoms with van der Waals surface area (Å²) in [7, 11) is -10.9. The summed E-state index contributed by atoms with van der Waals surface area (Å²) in [6.45, 7) is 1.74. The van der Waals surface area contributed by atoms with Crippen molar-refractivity contribution >= 4 is 33.4 Å². The Morgan fingerprint density at radius 3 is 1.96 bits per heavy atom. The van der Waals surface area contributed by atoms with Gasteiger partial charge in [-0.3, -0.25) is 23.2 Å². The minimum absolute atomic E-state index is 0.0459. The lowest BCUT2D eigenvalue weighted by molar-refractivity contribution is -0.161. The van der Waals surface area contributed by atoms with Crippen LogP contribution in [0.2, 0.25) is 0 Å². The van der Waals surface area contributed by atoms with Crippen molar-refractivity contribution in [2.24, 2.45) is 0 Å². The molecule has 8 atom stereocenters. The van der Waals surface area contributed by atoms with Crippen LogP contribution in [0.15, 0.2) is 90.0 Å². The number of phosphoric ester groups is 2. The van der Waals surface area contributed by atoms with Crippen LogP contribution in [0.1, 0.15) is 155 Å². The summed E-state index contributed by atoms with van der Waals surface area (Å²) in [5.41, 5.74) is 4.58. The second-order valence-corrected chi connectivity index (χ2v) is 20.2. The summed E-state index contributed by atoms with van der Waals surface area (Å²) in [5, 5.41) is 30.4. The highest BCUT2D eigenvalue weighted by atomic mass is 31.3. The third kappa shape index (κ3) is 30.7. The molecule has 1 aliphatic rings. The molecule has 0 aromatic carbocycles. The van der Waals surface area contributed by atoms with Gasteiger partial charge in [0.25, 0.3) is 0 Å². The summed E-state index contributed by atoms with van der Waals surface area (Å²) < 4.78 is 56.7. The van der Waals surface area contributed by atoms with Gasteiger partial charge in [0.1, 0.15) is 30.7 Å². The number of allylic oxidation sites excluding steroid dienone is 11. The molecule has 1 aromatic rings. The zero-order valence-electron chi connectivity index (χ0n) is 41.6.